The maximum atomic E-state index is 13.4. The van der Waals surface area contributed by atoms with Crippen molar-refractivity contribution in [1.82, 2.24) is 24.6 Å². The lowest BCUT2D eigenvalue weighted by molar-refractivity contribution is 0.628. The maximum absolute atomic E-state index is 13.4. The molecule has 138 valence electrons. The molecule has 0 atom stereocenters. The number of fused-ring (bicyclic) bond motifs is 1. The van der Waals surface area contributed by atoms with Gasteiger partial charge in [-0.2, -0.15) is 9.61 Å². The van der Waals surface area contributed by atoms with Gasteiger partial charge in [-0.05, 0) is 29.8 Å². The standard InChI is InChI=1S/C20H14FN5OS/c1-2-11-28-19-23-18-17(13-6-8-14(21)9-7-13)16(25-26(18)20(27)24-19)12-15-5-3-4-10-22-15/h1,3-10H,11-12H2,(H,23,24,27). The molecule has 0 spiro atoms. The van der Waals surface area contributed by atoms with Crippen LogP contribution in [0.15, 0.2) is 58.6 Å². The normalized spacial score (nSPS) is 10.9. The Labute approximate surface area is 163 Å². The van der Waals surface area contributed by atoms with Crippen LogP contribution in [0.2, 0.25) is 0 Å². The molecule has 0 aliphatic carbocycles. The number of aromatic nitrogens is 5. The first kappa shape index (κ1) is 17.9. The minimum atomic E-state index is -0.417. The zero-order valence-electron chi connectivity index (χ0n) is 14.6. The summed E-state index contributed by atoms with van der Waals surface area (Å²) in [6.07, 6.45) is 7.40. The van der Waals surface area contributed by atoms with Gasteiger partial charge in [-0.3, -0.25) is 9.97 Å². The Hall–Kier alpha value is -3.44. The van der Waals surface area contributed by atoms with Crippen molar-refractivity contribution >= 4 is 17.4 Å². The van der Waals surface area contributed by atoms with Crippen molar-refractivity contribution < 1.29 is 4.39 Å². The van der Waals surface area contributed by atoms with Gasteiger partial charge in [-0.1, -0.05) is 35.9 Å². The van der Waals surface area contributed by atoms with E-state index in [9.17, 15) is 9.18 Å². The smallest absolute Gasteiger partial charge is 0.285 e. The molecule has 0 aliphatic heterocycles. The number of thioether (sulfide) groups is 1. The minimum absolute atomic E-state index is 0.345. The molecule has 0 saturated carbocycles. The van der Waals surface area contributed by atoms with Crippen LogP contribution >= 0.6 is 11.8 Å². The zero-order valence-corrected chi connectivity index (χ0v) is 15.4. The third-order valence-corrected chi connectivity index (χ3v) is 4.82. The molecule has 0 aliphatic rings. The first-order valence-electron chi connectivity index (χ1n) is 8.40. The largest absolute Gasteiger partial charge is 0.350 e. The lowest BCUT2D eigenvalue weighted by atomic mass is 10.0. The summed E-state index contributed by atoms with van der Waals surface area (Å²) in [6, 6.07) is 11.6. The second kappa shape index (κ2) is 7.66. The van der Waals surface area contributed by atoms with Gasteiger partial charge in [0.05, 0.1) is 17.0 Å². The molecular formula is C20H14FN5OS. The number of pyridine rings is 1. The van der Waals surface area contributed by atoms with Gasteiger partial charge in [0, 0.05) is 18.3 Å². The number of hydrogen-bond donors (Lipinski definition) is 1. The van der Waals surface area contributed by atoms with Crippen LogP contribution in [0.25, 0.3) is 16.8 Å². The van der Waals surface area contributed by atoms with Crippen LogP contribution in [0.1, 0.15) is 11.4 Å². The summed E-state index contributed by atoms with van der Waals surface area (Å²) in [5, 5.41) is 4.86. The number of aromatic amines is 1. The van der Waals surface area contributed by atoms with Gasteiger partial charge >= 0.3 is 5.69 Å². The minimum Gasteiger partial charge on any atom is -0.285 e. The average molecular weight is 391 g/mol. The molecule has 4 aromatic rings. The number of H-pyrrole nitrogens is 1. The molecule has 0 radical (unpaired) electrons. The van der Waals surface area contributed by atoms with Crippen molar-refractivity contribution in [3.8, 4) is 23.5 Å². The van der Waals surface area contributed by atoms with Crippen LogP contribution in [0.4, 0.5) is 4.39 Å². The molecule has 4 rings (SSSR count). The number of terminal acetylenes is 1. The van der Waals surface area contributed by atoms with E-state index < -0.39 is 5.69 Å². The number of rotatable bonds is 5. The van der Waals surface area contributed by atoms with Crippen LogP contribution in [0.3, 0.4) is 0 Å². The van der Waals surface area contributed by atoms with Crippen LogP contribution in [0, 0.1) is 18.2 Å². The Morgan fingerprint density at radius 1 is 1.21 bits per heavy atom. The summed E-state index contributed by atoms with van der Waals surface area (Å²) in [5.74, 6) is 2.53. The molecule has 3 aromatic heterocycles. The van der Waals surface area contributed by atoms with Gasteiger partial charge in [0.25, 0.3) is 0 Å². The van der Waals surface area contributed by atoms with Crippen LogP contribution in [0.5, 0.6) is 0 Å². The van der Waals surface area contributed by atoms with Gasteiger partial charge in [0.1, 0.15) is 5.82 Å². The molecule has 0 amide bonds. The number of halogens is 1. The second-order valence-corrected chi connectivity index (χ2v) is 6.87. The van der Waals surface area contributed by atoms with Crippen molar-refractivity contribution in [1.29, 1.82) is 0 Å². The number of nitrogens with zero attached hydrogens (tertiary/aromatic N) is 4. The first-order valence-corrected chi connectivity index (χ1v) is 9.38. The fourth-order valence-corrected chi connectivity index (χ4v) is 3.39. The van der Waals surface area contributed by atoms with Crippen molar-refractivity contribution in [2.75, 3.05) is 5.75 Å². The lowest BCUT2D eigenvalue weighted by Crippen LogP contribution is -2.19. The van der Waals surface area contributed by atoms with E-state index in [2.05, 4.69) is 26.0 Å². The Bertz CT molecular complexity index is 1230. The monoisotopic (exact) mass is 391 g/mol. The third-order valence-electron chi connectivity index (χ3n) is 4.05. The van der Waals surface area contributed by atoms with E-state index in [1.54, 1.807) is 18.3 Å². The highest BCUT2D eigenvalue weighted by Crippen LogP contribution is 2.29. The van der Waals surface area contributed by atoms with E-state index in [1.807, 2.05) is 18.2 Å². The second-order valence-electron chi connectivity index (χ2n) is 5.90. The topological polar surface area (TPSA) is 75.9 Å². The fourth-order valence-electron chi connectivity index (χ4n) is 2.86. The lowest BCUT2D eigenvalue weighted by Gasteiger charge is -2.04. The van der Waals surface area contributed by atoms with Crippen molar-refractivity contribution in [3.63, 3.8) is 0 Å². The summed E-state index contributed by atoms with van der Waals surface area (Å²) in [4.78, 5) is 24.1. The SMILES string of the molecule is C#CCSc1nc2c(-c3ccc(F)cc3)c(Cc3ccccn3)nn2c(=O)[nH]1. The van der Waals surface area contributed by atoms with Crippen molar-refractivity contribution in [2.24, 2.45) is 0 Å². The van der Waals surface area contributed by atoms with E-state index in [1.165, 1.54) is 28.4 Å². The van der Waals surface area contributed by atoms with E-state index in [4.69, 9.17) is 6.42 Å². The summed E-state index contributed by atoms with van der Waals surface area (Å²) in [5.41, 5.74) is 2.78. The van der Waals surface area contributed by atoms with Crippen LogP contribution < -0.4 is 5.69 Å². The summed E-state index contributed by atoms with van der Waals surface area (Å²) in [6.45, 7) is 0. The average Bonchev–Trinajstić information content (AvgIpc) is 3.06. The quantitative estimate of drug-likeness (QED) is 0.418. The Morgan fingerprint density at radius 3 is 2.75 bits per heavy atom. The first-order chi connectivity index (χ1) is 13.7. The maximum Gasteiger partial charge on any atom is 0.350 e. The zero-order chi connectivity index (χ0) is 19.5. The number of benzene rings is 1. The molecule has 0 saturated heterocycles. The molecule has 6 nitrogen and oxygen atoms in total. The van der Waals surface area contributed by atoms with Crippen LogP contribution in [-0.2, 0) is 6.42 Å². The number of hydrogen-bond acceptors (Lipinski definition) is 5. The molecular weight excluding hydrogens is 377 g/mol. The molecule has 0 bridgehead atoms. The number of nitrogens with one attached hydrogen (secondary N) is 1. The van der Waals surface area contributed by atoms with E-state index in [-0.39, 0.29) is 5.82 Å². The summed E-state index contributed by atoms with van der Waals surface area (Å²) < 4.78 is 14.7. The van der Waals surface area contributed by atoms with Gasteiger partial charge in [0.15, 0.2) is 10.8 Å². The third kappa shape index (κ3) is 3.52. The summed E-state index contributed by atoms with van der Waals surface area (Å²) >= 11 is 1.25. The molecule has 28 heavy (non-hydrogen) atoms. The van der Waals surface area contributed by atoms with Gasteiger partial charge in [0.2, 0.25) is 0 Å². The predicted molar refractivity (Wildman–Crippen MR) is 106 cm³/mol. The fraction of sp³-hybridized carbons (Fsp3) is 0.100. The molecule has 0 unspecified atom stereocenters. The van der Waals surface area contributed by atoms with E-state index >= 15 is 0 Å². The van der Waals surface area contributed by atoms with E-state index in [0.29, 0.717) is 39.8 Å². The molecule has 8 heteroatoms. The van der Waals surface area contributed by atoms with E-state index in [0.717, 1.165) is 5.69 Å². The molecule has 1 aromatic carbocycles. The van der Waals surface area contributed by atoms with Crippen molar-refractivity contribution in [3.05, 3.63) is 76.4 Å². The van der Waals surface area contributed by atoms with Crippen LogP contribution in [-0.4, -0.2) is 30.3 Å². The predicted octanol–water partition coefficient (Wildman–Crippen LogP) is 2.93. The molecule has 3 heterocycles. The Balaban J connectivity index is 1.93. The van der Waals surface area contributed by atoms with Gasteiger partial charge in [-0.15, -0.1) is 6.42 Å². The molecule has 1 N–H and O–H groups in total. The highest BCUT2D eigenvalue weighted by atomic mass is 32.2. The van der Waals surface area contributed by atoms with Gasteiger partial charge in [-0.25, -0.2) is 14.2 Å². The van der Waals surface area contributed by atoms with Crippen molar-refractivity contribution in [2.45, 2.75) is 11.6 Å². The Kier molecular flexibility index (Phi) is 4.91. The molecule has 0 fully saturated rings. The van der Waals surface area contributed by atoms with Gasteiger partial charge < -0.3 is 0 Å². The highest BCUT2D eigenvalue weighted by Gasteiger charge is 2.19. The highest BCUT2D eigenvalue weighted by molar-refractivity contribution is 7.99. The summed E-state index contributed by atoms with van der Waals surface area (Å²) in [7, 11) is 0. The Morgan fingerprint density at radius 2 is 2.04 bits per heavy atom.